The highest BCUT2D eigenvalue weighted by molar-refractivity contribution is 6.30. The summed E-state index contributed by atoms with van der Waals surface area (Å²) >= 11 is 5.96. The first kappa shape index (κ1) is 20.0. The third-order valence-electron chi connectivity index (χ3n) is 7.17. The fourth-order valence-electron chi connectivity index (χ4n) is 5.44. The molecule has 2 atom stereocenters. The van der Waals surface area contributed by atoms with Gasteiger partial charge in [-0.15, -0.1) is 0 Å². The molecule has 5 rings (SSSR count). The second kappa shape index (κ2) is 8.70. The van der Waals surface area contributed by atoms with Gasteiger partial charge in [-0.2, -0.15) is 0 Å². The number of amides is 1. The Labute approximate surface area is 184 Å². The maximum atomic E-state index is 12.8. The predicted molar refractivity (Wildman–Crippen MR) is 120 cm³/mol. The molecule has 3 aliphatic rings. The Morgan fingerprint density at radius 3 is 2.37 bits per heavy atom. The normalized spacial score (nSPS) is 25.2. The van der Waals surface area contributed by atoms with Gasteiger partial charge in [0.1, 0.15) is 0 Å². The van der Waals surface area contributed by atoms with Crippen LogP contribution in [0.15, 0.2) is 54.6 Å². The molecule has 4 nitrogen and oxygen atoms in total. The van der Waals surface area contributed by atoms with Crippen LogP contribution in [0.25, 0.3) is 0 Å². The van der Waals surface area contributed by atoms with E-state index in [1.807, 2.05) is 24.3 Å². The summed E-state index contributed by atoms with van der Waals surface area (Å²) in [5.74, 6) is 0.922. The molecule has 0 N–H and O–H groups in total. The van der Waals surface area contributed by atoms with Crippen LogP contribution in [0, 0.1) is 5.92 Å². The zero-order valence-corrected chi connectivity index (χ0v) is 18.2. The Morgan fingerprint density at radius 1 is 0.900 bits per heavy atom. The van der Waals surface area contributed by atoms with Gasteiger partial charge in [-0.05, 0) is 49.2 Å². The van der Waals surface area contributed by atoms with Gasteiger partial charge in [-0.25, -0.2) is 0 Å². The monoisotopic (exact) mass is 423 g/mol. The highest BCUT2D eigenvalue weighted by Crippen LogP contribution is 2.36. The summed E-state index contributed by atoms with van der Waals surface area (Å²) in [5.41, 5.74) is 2.46. The van der Waals surface area contributed by atoms with Gasteiger partial charge in [0.25, 0.3) is 0 Å². The number of hydrogen-bond acceptors (Lipinski definition) is 3. The van der Waals surface area contributed by atoms with E-state index in [2.05, 4.69) is 45.0 Å². The summed E-state index contributed by atoms with van der Waals surface area (Å²) in [5, 5.41) is 0.718. The van der Waals surface area contributed by atoms with Crippen molar-refractivity contribution in [3.05, 3.63) is 70.7 Å². The van der Waals surface area contributed by atoms with E-state index in [1.54, 1.807) is 0 Å². The molecular formula is C25H30ClN3O. The minimum Gasteiger partial charge on any atom is -0.340 e. The largest absolute Gasteiger partial charge is 0.340 e. The fraction of sp³-hybridized carbons (Fsp3) is 0.480. The lowest BCUT2D eigenvalue weighted by atomic mass is 9.87. The molecule has 1 amide bonds. The lowest BCUT2D eigenvalue weighted by Crippen LogP contribution is -2.61. The van der Waals surface area contributed by atoms with Crippen molar-refractivity contribution in [3.8, 4) is 0 Å². The smallest absolute Gasteiger partial charge is 0.227 e. The van der Waals surface area contributed by atoms with Gasteiger partial charge >= 0.3 is 0 Å². The van der Waals surface area contributed by atoms with Gasteiger partial charge in [0, 0.05) is 49.2 Å². The van der Waals surface area contributed by atoms with Crippen LogP contribution >= 0.6 is 11.6 Å². The van der Waals surface area contributed by atoms with Crippen molar-refractivity contribution in [3.63, 3.8) is 0 Å². The number of fused-ring (bicyclic) bond motifs is 1. The van der Waals surface area contributed by atoms with Crippen molar-refractivity contribution >= 4 is 17.5 Å². The lowest BCUT2D eigenvalue weighted by Gasteiger charge is -2.50. The van der Waals surface area contributed by atoms with E-state index < -0.39 is 0 Å². The van der Waals surface area contributed by atoms with Crippen LogP contribution in [0.5, 0.6) is 0 Å². The third kappa shape index (κ3) is 4.27. The molecule has 2 aromatic carbocycles. The van der Waals surface area contributed by atoms with Crippen molar-refractivity contribution in [2.45, 2.75) is 37.9 Å². The Morgan fingerprint density at radius 2 is 1.63 bits per heavy atom. The lowest BCUT2D eigenvalue weighted by molar-refractivity contribution is -0.129. The molecule has 0 aliphatic carbocycles. The Balaban J connectivity index is 1.10. The highest BCUT2D eigenvalue weighted by atomic mass is 35.5. The number of carbonyl (C=O) groups is 1. The molecule has 0 aromatic heterocycles. The molecule has 5 heteroatoms. The third-order valence-corrected chi connectivity index (χ3v) is 7.43. The van der Waals surface area contributed by atoms with Gasteiger partial charge in [0.15, 0.2) is 0 Å². The number of rotatable bonds is 5. The van der Waals surface area contributed by atoms with Crippen LogP contribution < -0.4 is 0 Å². The Kier molecular flexibility index (Phi) is 5.81. The van der Waals surface area contributed by atoms with Crippen molar-refractivity contribution in [1.82, 2.24) is 14.7 Å². The van der Waals surface area contributed by atoms with E-state index >= 15 is 0 Å². The van der Waals surface area contributed by atoms with E-state index in [-0.39, 0.29) is 5.91 Å². The quantitative estimate of drug-likeness (QED) is 0.733. The first-order valence-electron chi connectivity index (χ1n) is 11.2. The molecule has 0 saturated carbocycles. The molecule has 3 aliphatic heterocycles. The Hall–Kier alpha value is -1.88. The van der Waals surface area contributed by atoms with E-state index in [0.29, 0.717) is 24.4 Å². The van der Waals surface area contributed by atoms with Crippen molar-refractivity contribution in [2.24, 2.45) is 5.92 Å². The van der Waals surface area contributed by atoms with Crippen LogP contribution in [0.4, 0.5) is 0 Å². The first-order valence-corrected chi connectivity index (χ1v) is 11.6. The zero-order chi connectivity index (χ0) is 20.5. The highest BCUT2D eigenvalue weighted by Gasteiger charge is 2.49. The number of halogens is 1. The summed E-state index contributed by atoms with van der Waals surface area (Å²) in [7, 11) is 0. The van der Waals surface area contributed by atoms with Crippen LogP contribution in [0.2, 0.25) is 5.02 Å². The van der Waals surface area contributed by atoms with E-state index in [0.717, 1.165) is 30.2 Å². The first-order chi connectivity index (χ1) is 14.7. The number of piperidine rings is 1. The summed E-state index contributed by atoms with van der Waals surface area (Å²) in [4.78, 5) is 20.2. The second-order valence-electron chi connectivity index (χ2n) is 9.12. The van der Waals surface area contributed by atoms with Gasteiger partial charge in [-0.1, -0.05) is 54.1 Å². The van der Waals surface area contributed by atoms with Crippen LogP contribution in [-0.2, 0) is 17.8 Å². The van der Waals surface area contributed by atoms with E-state index in [1.165, 1.54) is 38.0 Å². The second-order valence-corrected chi connectivity index (χ2v) is 9.56. The molecule has 0 spiro atoms. The molecule has 3 saturated heterocycles. The molecule has 2 aromatic rings. The van der Waals surface area contributed by atoms with Crippen molar-refractivity contribution in [2.75, 3.05) is 32.7 Å². The SMILES string of the molecule is O=C(Cc1ccc(Cl)cc1)N1C[C@H]2CN(C3CCN(Cc4ccccc4)CC3)[C@H]2C1. The van der Waals surface area contributed by atoms with Crippen LogP contribution in [-0.4, -0.2) is 65.4 Å². The van der Waals surface area contributed by atoms with Gasteiger partial charge in [0.2, 0.25) is 5.91 Å². The van der Waals surface area contributed by atoms with Crippen molar-refractivity contribution in [1.29, 1.82) is 0 Å². The minimum absolute atomic E-state index is 0.254. The number of likely N-dealkylation sites (tertiary alicyclic amines) is 3. The van der Waals surface area contributed by atoms with Gasteiger partial charge < -0.3 is 4.90 Å². The number of nitrogens with zero attached hydrogens (tertiary/aromatic N) is 3. The molecule has 0 bridgehead atoms. The zero-order valence-electron chi connectivity index (χ0n) is 17.4. The number of hydrogen-bond donors (Lipinski definition) is 0. The van der Waals surface area contributed by atoms with Gasteiger partial charge in [-0.3, -0.25) is 14.6 Å². The maximum absolute atomic E-state index is 12.8. The van der Waals surface area contributed by atoms with E-state index in [9.17, 15) is 4.79 Å². The Bertz CT molecular complexity index is 864. The molecule has 158 valence electrons. The molecular weight excluding hydrogens is 394 g/mol. The molecule has 30 heavy (non-hydrogen) atoms. The molecule has 3 fully saturated rings. The predicted octanol–water partition coefficient (Wildman–Crippen LogP) is 3.69. The molecule has 0 radical (unpaired) electrons. The van der Waals surface area contributed by atoms with Crippen LogP contribution in [0.3, 0.4) is 0 Å². The summed E-state index contributed by atoms with van der Waals surface area (Å²) < 4.78 is 0. The average Bonchev–Trinajstić information content (AvgIpc) is 3.08. The van der Waals surface area contributed by atoms with Gasteiger partial charge in [0.05, 0.1) is 6.42 Å². The topological polar surface area (TPSA) is 26.8 Å². The standard InChI is InChI=1S/C25H30ClN3O/c26-22-8-6-19(7-9-22)14-25(30)28-16-21-17-29(24(21)18-28)23-10-12-27(13-11-23)15-20-4-2-1-3-5-20/h1-9,21,23-24H,10-18H2/t21-,24-/m0/s1. The maximum Gasteiger partial charge on any atom is 0.227 e. The number of benzene rings is 2. The minimum atomic E-state index is 0.254. The van der Waals surface area contributed by atoms with Crippen LogP contribution in [0.1, 0.15) is 24.0 Å². The molecule has 0 unspecified atom stereocenters. The van der Waals surface area contributed by atoms with E-state index in [4.69, 9.17) is 11.6 Å². The summed E-state index contributed by atoms with van der Waals surface area (Å²) in [6.45, 7) is 6.41. The fourth-order valence-corrected chi connectivity index (χ4v) is 5.57. The molecule has 3 heterocycles. The number of carbonyl (C=O) groups excluding carboxylic acids is 1. The van der Waals surface area contributed by atoms with Crippen molar-refractivity contribution < 1.29 is 4.79 Å². The average molecular weight is 424 g/mol. The summed E-state index contributed by atoms with van der Waals surface area (Å²) in [6, 6.07) is 19.7. The summed E-state index contributed by atoms with van der Waals surface area (Å²) in [6.07, 6.45) is 2.97.